The molecular weight excluding hydrogens is 129 g/mol. The summed E-state index contributed by atoms with van der Waals surface area (Å²) in [5, 5.41) is 0. The number of hydrogen-bond acceptors (Lipinski definition) is 1. The number of hydrogen-bond donors (Lipinski definition) is 1. The van der Waals surface area contributed by atoms with Gasteiger partial charge in [0.25, 0.3) is 0 Å². The van der Waals surface area contributed by atoms with Crippen molar-refractivity contribution in [1.29, 1.82) is 0 Å². The average Bonchev–Trinajstić information content (AvgIpc) is 0.918. The smallest absolute Gasteiger partial charge is 0.331 e. The maximum absolute atomic E-state index is 4.85. The molecule has 0 aliphatic rings. The van der Waals surface area contributed by atoms with Crippen LogP contribution in [0.5, 0.6) is 0 Å². The van der Waals surface area contributed by atoms with E-state index < -0.39 is 0 Å². The summed E-state index contributed by atoms with van der Waals surface area (Å²) < 4.78 is 0. The van der Waals surface area contributed by atoms with Crippen LogP contribution in [0.3, 0.4) is 0 Å². The van der Waals surface area contributed by atoms with Crippen molar-refractivity contribution in [2.45, 2.75) is 6.92 Å². The molecule has 0 aromatic carbocycles. The second-order valence-corrected chi connectivity index (χ2v) is 0.408. The van der Waals surface area contributed by atoms with Gasteiger partial charge in [0, 0.05) is 0 Å². The molecule has 4 heavy (non-hydrogen) atoms. The molecule has 2 heteroatoms. The molecule has 0 spiro atoms. The van der Waals surface area contributed by atoms with Gasteiger partial charge in [0.2, 0.25) is 0 Å². The van der Waals surface area contributed by atoms with Crippen molar-refractivity contribution in [2.24, 2.45) is 5.73 Å². The molecule has 0 unspecified atom stereocenters. The first-order chi connectivity index (χ1) is 1.41. The molecule has 0 aromatic rings. The summed E-state index contributed by atoms with van der Waals surface area (Å²) in [6.07, 6.45) is 0. The van der Waals surface area contributed by atoms with Gasteiger partial charge in [0.15, 0.2) is 0 Å². The Labute approximate surface area is 45.7 Å². The molecule has 0 saturated carbocycles. The van der Waals surface area contributed by atoms with Gasteiger partial charge < -0.3 is 5.73 Å². The van der Waals surface area contributed by atoms with E-state index in [1.54, 1.807) is 0 Å². The Morgan fingerprint density at radius 3 is 1.75 bits per heavy atom. The predicted octanol–water partition coefficient (Wildman–Crippen LogP) is -0.0375. The molecule has 0 fully saturated rings. The van der Waals surface area contributed by atoms with Gasteiger partial charge >= 0.3 is 26.2 Å². The minimum atomic E-state index is 0. The summed E-state index contributed by atoms with van der Waals surface area (Å²) >= 11 is 0. The van der Waals surface area contributed by atoms with Gasteiger partial charge in [0.05, 0.1) is 0 Å². The van der Waals surface area contributed by atoms with E-state index in [1.165, 1.54) is 0 Å². The van der Waals surface area contributed by atoms with Gasteiger partial charge in [0.1, 0.15) is 0 Å². The largest absolute Gasteiger partial charge is 4.00 e. The molecule has 0 amide bonds. The zero-order valence-electron chi connectivity index (χ0n) is 2.78. The molecular formula is C2H7NZr+4. The summed E-state index contributed by atoms with van der Waals surface area (Å²) in [5.41, 5.74) is 4.85. The minimum Gasteiger partial charge on any atom is -0.331 e. The second kappa shape index (κ2) is 9.14. The van der Waals surface area contributed by atoms with Crippen molar-refractivity contribution in [2.75, 3.05) is 6.54 Å². The number of rotatable bonds is 0. The van der Waals surface area contributed by atoms with E-state index in [0.29, 0.717) is 0 Å². The first-order valence-electron chi connectivity index (χ1n) is 1.12. The van der Waals surface area contributed by atoms with Crippen LogP contribution in [0.2, 0.25) is 0 Å². The van der Waals surface area contributed by atoms with Gasteiger partial charge in [-0.3, -0.25) is 0 Å². The molecule has 0 atom stereocenters. The van der Waals surface area contributed by atoms with E-state index in [2.05, 4.69) is 0 Å². The van der Waals surface area contributed by atoms with E-state index in [0.717, 1.165) is 6.54 Å². The first-order valence-corrected chi connectivity index (χ1v) is 1.12. The van der Waals surface area contributed by atoms with Crippen molar-refractivity contribution < 1.29 is 26.2 Å². The monoisotopic (exact) mass is 135 g/mol. The van der Waals surface area contributed by atoms with Crippen LogP contribution in [-0.2, 0) is 26.2 Å². The van der Waals surface area contributed by atoms with Gasteiger partial charge in [-0.15, -0.1) is 0 Å². The van der Waals surface area contributed by atoms with Crippen LogP contribution in [0, 0.1) is 0 Å². The first kappa shape index (κ1) is 8.85. The van der Waals surface area contributed by atoms with Crippen molar-refractivity contribution in [3.8, 4) is 0 Å². The molecule has 0 aliphatic heterocycles. The Kier molecular flexibility index (Phi) is 20.2. The number of nitrogens with two attached hydrogens (primary N) is 1. The van der Waals surface area contributed by atoms with Gasteiger partial charge in [-0.05, 0) is 6.54 Å². The van der Waals surface area contributed by atoms with Gasteiger partial charge in [-0.1, -0.05) is 6.92 Å². The summed E-state index contributed by atoms with van der Waals surface area (Å²) in [7, 11) is 0. The Morgan fingerprint density at radius 1 is 1.75 bits per heavy atom. The normalized spacial score (nSPS) is 4.50. The Hall–Kier alpha value is 0.843. The molecule has 0 radical (unpaired) electrons. The van der Waals surface area contributed by atoms with Crippen LogP contribution in [0.1, 0.15) is 6.92 Å². The van der Waals surface area contributed by atoms with Gasteiger partial charge in [-0.2, -0.15) is 0 Å². The Balaban J connectivity index is 0. The molecule has 0 aromatic heterocycles. The quantitative estimate of drug-likeness (QED) is 0.497. The van der Waals surface area contributed by atoms with Crippen LogP contribution >= 0.6 is 0 Å². The maximum atomic E-state index is 4.85. The zero-order valence-corrected chi connectivity index (χ0v) is 5.24. The predicted molar refractivity (Wildman–Crippen MR) is 14.7 cm³/mol. The van der Waals surface area contributed by atoms with E-state index in [-0.39, 0.29) is 26.2 Å². The van der Waals surface area contributed by atoms with E-state index in [1.807, 2.05) is 6.92 Å². The molecule has 0 rings (SSSR count). The molecule has 0 saturated heterocycles. The van der Waals surface area contributed by atoms with E-state index >= 15 is 0 Å². The topological polar surface area (TPSA) is 26.0 Å². The van der Waals surface area contributed by atoms with Crippen molar-refractivity contribution in [3.63, 3.8) is 0 Å². The Morgan fingerprint density at radius 2 is 1.75 bits per heavy atom. The third kappa shape index (κ3) is 13.6. The fraction of sp³-hybridized carbons (Fsp3) is 1.00. The van der Waals surface area contributed by atoms with Crippen molar-refractivity contribution in [1.82, 2.24) is 0 Å². The van der Waals surface area contributed by atoms with Crippen LogP contribution in [0.4, 0.5) is 0 Å². The van der Waals surface area contributed by atoms with Crippen LogP contribution in [0.25, 0.3) is 0 Å². The summed E-state index contributed by atoms with van der Waals surface area (Å²) in [6, 6.07) is 0. The molecule has 0 bridgehead atoms. The van der Waals surface area contributed by atoms with Crippen LogP contribution in [-0.4, -0.2) is 6.54 Å². The molecule has 2 N–H and O–H groups in total. The summed E-state index contributed by atoms with van der Waals surface area (Å²) in [4.78, 5) is 0. The summed E-state index contributed by atoms with van der Waals surface area (Å²) in [5.74, 6) is 0. The fourth-order valence-electron chi connectivity index (χ4n) is 0. The standard InChI is InChI=1S/C2H7N.Zr/c1-2-3;/h2-3H2,1H3;/q;+4. The fourth-order valence-corrected chi connectivity index (χ4v) is 0. The maximum Gasteiger partial charge on any atom is 4.00 e. The van der Waals surface area contributed by atoms with Crippen LogP contribution in [0.15, 0.2) is 0 Å². The van der Waals surface area contributed by atoms with E-state index in [4.69, 9.17) is 5.73 Å². The second-order valence-electron chi connectivity index (χ2n) is 0.408. The minimum absolute atomic E-state index is 0. The molecule has 1 nitrogen and oxygen atoms in total. The third-order valence-corrected chi connectivity index (χ3v) is 0. The third-order valence-electron chi connectivity index (χ3n) is 0. The molecule has 0 heterocycles. The SMILES string of the molecule is CCN.[Zr+4]. The average molecular weight is 136 g/mol. The van der Waals surface area contributed by atoms with Crippen LogP contribution < -0.4 is 5.73 Å². The van der Waals surface area contributed by atoms with Gasteiger partial charge in [-0.25, -0.2) is 0 Å². The molecule has 0 aliphatic carbocycles. The summed E-state index contributed by atoms with van der Waals surface area (Å²) in [6.45, 7) is 2.65. The zero-order chi connectivity index (χ0) is 2.71. The molecule has 20 valence electrons. The van der Waals surface area contributed by atoms with Crippen molar-refractivity contribution >= 4 is 0 Å². The Bertz CT molecular complexity index is 6.00. The van der Waals surface area contributed by atoms with E-state index in [9.17, 15) is 0 Å². The van der Waals surface area contributed by atoms with Crippen molar-refractivity contribution in [3.05, 3.63) is 0 Å².